The van der Waals surface area contributed by atoms with Crippen LogP contribution >= 0.6 is 0 Å². The van der Waals surface area contributed by atoms with E-state index in [0.29, 0.717) is 29.8 Å². The van der Waals surface area contributed by atoms with E-state index in [1.54, 1.807) is 42.5 Å². The molecular weight excluding hydrogens is 502 g/mol. The number of fused-ring (bicyclic) bond motifs is 4. The third kappa shape index (κ3) is 3.42. The second-order valence-electron chi connectivity index (χ2n) is 10.2. The highest BCUT2D eigenvalue weighted by molar-refractivity contribution is 6.39. The molecule has 0 radical (unpaired) electrons. The number of carbonyl (C=O) groups excluding carboxylic acids is 6. The number of nitrogens with one attached hydrogen (secondary N) is 1. The molecule has 4 aliphatic heterocycles. The number of barbiturate groups is 2. The maximum Gasteiger partial charge on any atom is 0.335 e. The molecule has 3 fully saturated rings. The molecule has 4 heterocycles. The Labute approximate surface area is 223 Å². The smallest absolute Gasteiger partial charge is 0.335 e. The molecule has 1 atom stereocenters. The Kier molecular flexibility index (Phi) is 5.42. The molecule has 39 heavy (non-hydrogen) atoms. The van der Waals surface area contributed by atoms with Gasteiger partial charge >= 0.3 is 12.1 Å². The van der Waals surface area contributed by atoms with Gasteiger partial charge < -0.3 is 4.90 Å². The quantitative estimate of drug-likeness (QED) is 0.359. The van der Waals surface area contributed by atoms with E-state index in [2.05, 4.69) is 10.2 Å². The van der Waals surface area contributed by atoms with Gasteiger partial charge in [0.2, 0.25) is 11.8 Å². The first-order valence-corrected chi connectivity index (χ1v) is 12.6. The largest absolute Gasteiger partial charge is 0.367 e. The average molecular weight is 528 g/mol. The summed E-state index contributed by atoms with van der Waals surface area (Å²) in [5, 5.41) is 2.21. The number of benzene rings is 2. The highest BCUT2D eigenvalue weighted by Gasteiger charge is 2.63. The van der Waals surface area contributed by atoms with Crippen LogP contribution in [0.15, 0.2) is 54.1 Å². The standard InChI is InChI=1S/C28H25N5O6/c1-30-24(36)28(25(37)31(2)27(30)39)15-17-13-16(10-11-20(17)32-12-6-9-21(28)32)14-19-22(34)29-26(38)33(23(19)35)18-7-4-3-5-8-18/h3-5,7-8,10-11,13-14,21H,6,9,12,15H2,1-2H3,(H,29,34,38)/b19-14+. The van der Waals surface area contributed by atoms with Crippen molar-refractivity contribution in [2.75, 3.05) is 30.4 Å². The molecule has 11 nitrogen and oxygen atoms in total. The van der Waals surface area contributed by atoms with Crippen molar-refractivity contribution >= 4 is 53.1 Å². The van der Waals surface area contributed by atoms with Gasteiger partial charge in [-0.05, 0) is 60.7 Å². The van der Waals surface area contributed by atoms with Gasteiger partial charge in [0.25, 0.3) is 11.8 Å². The number of amides is 8. The Bertz CT molecular complexity index is 1490. The zero-order valence-corrected chi connectivity index (χ0v) is 21.3. The fourth-order valence-corrected chi connectivity index (χ4v) is 6.26. The lowest BCUT2D eigenvalue weighted by atomic mass is 9.68. The van der Waals surface area contributed by atoms with E-state index < -0.39 is 41.1 Å². The minimum Gasteiger partial charge on any atom is -0.367 e. The van der Waals surface area contributed by atoms with Crippen molar-refractivity contribution in [1.82, 2.24) is 15.1 Å². The van der Waals surface area contributed by atoms with Crippen molar-refractivity contribution in [3.05, 3.63) is 65.2 Å². The van der Waals surface area contributed by atoms with E-state index in [0.717, 1.165) is 26.8 Å². The molecule has 4 aliphatic rings. The maximum absolute atomic E-state index is 13.6. The van der Waals surface area contributed by atoms with Crippen LogP contribution in [0.5, 0.6) is 0 Å². The number of carbonyl (C=O) groups is 6. The summed E-state index contributed by atoms with van der Waals surface area (Å²) in [5.41, 5.74) is 0.701. The first-order valence-electron chi connectivity index (χ1n) is 12.6. The van der Waals surface area contributed by atoms with E-state index in [9.17, 15) is 28.8 Å². The number of imide groups is 4. The van der Waals surface area contributed by atoms with E-state index in [-0.39, 0.29) is 18.0 Å². The summed E-state index contributed by atoms with van der Waals surface area (Å²) in [6.07, 6.45) is 2.90. The second kappa shape index (κ2) is 8.62. The first-order chi connectivity index (χ1) is 18.6. The van der Waals surface area contributed by atoms with Crippen molar-refractivity contribution in [1.29, 1.82) is 0 Å². The number of para-hydroxylation sites is 1. The lowest BCUT2D eigenvalue weighted by Gasteiger charge is -2.50. The molecule has 8 amide bonds. The summed E-state index contributed by atoms with van der Waals surface area (Å²) in [4.78, 5) is 83.0. The number of nitrogens with zero attached hydrogens (tertiary/aromatic N) is 4. The number of hydrogen-bond donors (Lipinski definition) is 1. The van der Waals surface area contributed by atoms with Gasteiger partial charge in [0.05, 0.1) is 11.7 Å². The van der Waals surface area contributed by atoms with Gasteiger partial charge in [-0.2, -0.15) is 0 Å². The fourth-order valence-electron chi connectivity index (χ4n) is 6.26. The summed E-state index contributed by atoms with van der Waals surface area (Å²) in [6.45, 7) is 0.650. The predicted octanol–water partition coefficient (Wildman–Crippen LogP) is 1.91. The molecule has 0 aromatic heterocycles. The Balaban J connectivity index is 1.41. The lowest BCUT2D eigenvalue weighted by molar-refractivity contribution is -0.159. The van der Waals surface area contributed by atoms with Gasteiger partial charge in [0.15, 0.2) is 5.41 Å². The van der Waals surface area contributed by atoms with E-state index >= 15 is 0 Å². The van der Waals surface area contributed by atoms with Gasteiger partial charge in [0.1, 0.15) is 5.57 Å². The predicted molar refractivity (Wildman–Crippen MR) is 139 cm³/mol. The minimum atomic E-state index is -1.46. The zero-order valence-electron chi connectivity index (χ0n) is 21.3. The summed E-state index contributed by atoms with van der Waals surface area (Å²) >= 11 is 0. The van der Waals surface area contributed by atoms with E-state index in [1.165, 1.54) is 20.2 Å². The second-order valence-corrected chi connectivity index (χ2v) is 10.2. The van der Waals surface area contributed by atoms with Gasteiger partial charge in [-0.3, -0.25) is 34.3 Å². The Morgan fingerprint density at radius 1 is 0.923 bits per heavy atom. The summed E-state index contributed by atoms with van der Waals surface area (Å²) < 4.78 is 0. The molecule has 0 bridgehead atoms. The molecule has 198 valence electrons. The van der Waals surface area contributed by atoms with Gasteiger partial charge in [-0.1, -0.05) is 24.3 Å². The van der Waals surface area contributed by atoms with Crippen LogP contribution in [0.25, 0.3) is 6.08 Å². The van der Waals surface area contributed by atoms with Crippen molar-refractivity contribution in [2.24, 2.45) is 5.41 Å². The average Bonchev–Trinajstić information content (AvgIpc) is 3.43. The summed E-state index contributed by atoms with van der Waals surface area (Å²) in [7, 11) is 2.77. The van der Waals surface area contributed by atoms with Crippen LogP contribution < -0.4 is 15.1 Å². The first kappa shape index (κ1) is 24.5. The number of anilines is 2. The number of hydrogen-bond acceptors (Lipinski definition) is 7. The molecule has 3 saturated heterocycles. The van der Waals surface area contributed by atoms with Crippen LogP contribution in [0.2, 0.25) is 0 Å². The van der Waals surface area contributed by atoms with Crippen LogP contribution in [0.1, 0.15) is 24.0 Å². The maximum atomic E-state index is 13.6. The SMILES string of the molecule is CN1C(=O)N(C)C(=O)C2(Cc3cc(/C=C4\C(=O)NC(=O)N(c5ccccc5)C4=O)ccc3N3CCCC32)C1=O. The van der Waals surface area contributed by atoms with Gasteiger partial charge in [-0.25, -0.2) is 14.5 Å². The van der Waals surface area contributed by atoms with Crippen molar-refractivity contribution < 1.29 is 28.8 Å². The molecule has 0 aliphatic carbocycles. The fraction of sp³-hybridized carbons (Fsp3) is 0.286. The Morgan fingerprint density at radius 2 is 1.62 bits per heavy atom. The van der Waals surface area contributed by atoms with Crippen LogP contribution in [0.3, 0.4) is 0 Å². The topological polar surface area (TPSA) is 127 Å². The van der Waals surface area contributed by atoms with Crippen LogP contribution in [-0.2, 0) is 25.6 Å². The highest BCUT2D eigenvalue weighted by Crippen LogP contribution is 2.49. The van der Waals surface area contributed by atoms with Crippen LogP contribution in [0, 0.1) is 5.41 Å². The summed E-state index contributed by atoms with van der Waals surface area (Å²) in [6, 6.07) is 11.8. The molecule has 0 saturated carbocycles. The van der Waals surface area contributed by atoms with E-state index in [1.807, 2.05) is 6.07 Å². The number of urea groups is 2. The zero-order chi connectivity index (χ0) is 27.6. The normalized spacial score (nSPS) is 23.5. The highest BCUT2D eigenvalue weighted by atomic mass is 16.2. The van der Waals surface area contributed by atoms with E-state index in [4.69, 9.17) is 0 Å². The van der Waals surface area contributed by atoms with Crippen LogP contribution in [0.4, 0.5) is 21.0 Å². The Morgan fingerprint density at radius 3 is 2.31 bits per heavy atom. The van der Waals surface area contributed by atoms with Crippen molar-refractivity contribution in [3.63, 3.8) is 0 Å². The molecule has 2 aromatic rings. The molecule has 11 heteroatoms. The van der Waals surface area contributed by atoms with Gasteiger partial charge in [0, 0.05) is 26.3 Å². The van der Waals surface area contributed by atoms with Crippen molar-refractivity contribution in [3.8, 4) is 0 Å². The summed E-state index contributed by atoms with van der Waals surface area (Å²) in [5.74, 6) is -2.63. The minimum absolute atomic E-state index is 0.0783. The third-order valence-corrected chi connectivity index (χ3v) is 8.08. The number of rotatable bonds is 2. The molecular formula is C28H25N5O6. The molecule has 2 aromatic carbocycles. The molecule has 1 unspecified atom stereocenters. The molecule has 1 N–H and O–H groups in total. The monoisotopic (exact) mass is 527 g/mol. The van der Waals surface area contributed by atoms with Crippen LogP contribution in [-0.4, -0.2) is 72.2 Å². The molecule has 6 rings (SSSR count). The van der Waals surface area contributed by atoms with Crippen molar-refractivity contribution in [2.45, 2.75) is 25.3 Å². The molecule has 1 spiro atoms. The van der Waals surface area contributed by atoms with Gasteiger partial charge in [-0.15, -0.1) is 0 Å². The third-order valence-electron chi connectivity index (χ3n) is 8.08. The Hall–Kier alpha value is -4.80. The lowest BCUT2D eigenvalue weighted by Crippen LogP contribution is -2.70.